The average molecular weight is 193 g/mol. The molecule has 2 nitrogen and oxygen atoms in total. The van der Waals surface area contributed by atoms with Crippen molar-refractivity contribution < 1.29 is 4.68 Å². The molecule has 1 heterocycles. The highest BCUT2D eigenvalue weighted by atomic mass is 31.1. The lowest BCUT2D eigenvalue weighted by Gasteiger charge is -2.23. The third-order valence-electron chi connectivity index (χ3n) is 2.42. The number of para-hydroxylation sites is 1. The summed E-state index contributed by atoms with van der Waals surface area (Å²) in [6.07, 6.45) is 0. The number of anilines is 1. The summed E-state index contributed by atoms with van der Waals surface area (Å²) in [4.78, 5) is 0. The summed E-state index contributed by atoms with van der Waals surface area (Å²) in [6.45, 7) is 2.29. The summed E-state index contributed by atoms with van der Waals surface area (Å²) in [5.74, 6) is 2.29. The predicted octanol–water partition coefficient (Wildman–Crippen LogP) is 1.46. The quantitative estimate of drug-likeness (QED) is 0.446. The summed E-state index contributed by atoms with van der Waals surface area (Å²) < 4.78 is 2.16. The van der Waals surface area contributed by atoms with Crippen LogP contribution in [0.3, 0.4) is 0 Å². The zero-order chi connectivity index (χ0) is 9.42. The Balaban J connectivity index is 2.55. The summed E-state index contributed by atoms with van der Waals surface area (Å²) in [6, 6.07) is 8.61. The molecule has 1 aliphatic heterocycles. The maximum Gasteiger partial charge on any atom is 0.194 e. The maximum atomic E-state index is 2.29. The van der Waals surface area contributed by atoms with Crippen molar-refractivity contribution >= 4 is 24.9 Å². The Labute approximate surface area is 80.2 Å². The topological polar surface area (TPSA) is 6.25 Å². The molecule has 0 saturated carbocycles. The fraction of sp³-hybridized carbons (Fsp3) is 0.300. The number of benzene rings is 1. The first-order valence-corrected chi connectivity index (χ1v) is 6.19. The SMILES string of the molecule is CN1c2ccccc2P(C)C=[N+]1C. The minimum absolute atomic E-state index is 0.114. The van der Waals surface area contributed by atoms with Gasteiger partial charge in [0.2, 0.25) is 0 Å². The minimum atomic E-state index is -0.114. The van der Waals surface area contributed by atoms with Gasteiger partial charge < -0.3 is 0 Å². The molecule has 2 rings (SSSR count). The van der Waals surface area contributed by atoms with Crippen LogP contribution in [0.4, 0.5) is 5.69 Å². The molecule has 0 bridgehead atoms. The minimum Gasteiger partial charge on any atom is -0.157 e. The fourth-order valence-electron chi connectivity index (χ4n) is 1.60. The lowest BCUT2D eigenvalue weighted by molar-refractivity contribution is -0.500. The number of nitrogens with zero attached hydrogens (tertiary/aromatic N) is 2. The van der Waals surface area contributed by atoms with E-state index in [0.29, 0.717) is 0 Å². The van der Waals surface area contributed by atoms with Gasteiger partial charge in [-0.15, -0.1) is 4.68 Å². The number of fused-ring (bicyclic) bond motifs is 1. The standard InChI is InChI=1S/C10H14N2P/c1-11-8-13(3)10-7-5-4-6-9(10)12(11)2/h4-8H,1-3H3/q+1. The van der Waals surface area contributed by atoms with Gasteiger partial charge >= 0.3 is 0 Å². The molecule has 0 aliphatic carbocycles. The van der Waals surface area contributed by atoms with Gasteiger partial charge in [-0.1, -0.05) is 18.2 Å². The third kappa shape index (κ3) is 1.36. The van der Waals surface area contributed by atoms with Gasteiger partial charge in [0.15, 0.2) is 13.0 Å². The molecule has 1 aromatic carbocycles. The molecule has 0 amide bonds. The highest BCUT2D eigenvalue weighted by Crippen LogP contribution is 2.33. The number of rotatable bonds is 0. The second kappa shape index (κ2) is 3.12. The van der Waals surface area contributed by atoms with E-state index in [1.54, 1.807) is 0 Å². The third-order valence-corrected chi connectivity index (χ3v) is 4.24. The van der Waals surface area contributed by atoms with Gasteiger partial charge in [-0.2, -0.15) is 5.01 Å². The first-order valence-electron chi connectivity index (χ1n) is 4.33. The molecule has 1 aromatic rings. The maximum absolute atomic E-state index is 2.29. The summed E-state index contributed by atoms with van der Waals surface area (Å²) in [5, 5.41) is 3.65. The lowest BCUT2D eigenvalue weighted by atomic mass is 10.3. The van der Waals surface area contributed by atoms with Gasteiger partial charge in [-0.05, 0) is 12.7 Å². The molecule has 0 saturated heterocycles. The molecule has 0 fully saturated rings. The summed E-state index contributed by atoms with van der Waals surface area (Å²) in [5.41, 5.74) is 1.33. The van der Waals surface area contributed by atoms with E-state index in [2.05, 4.69) is 60.7 Å². The Morgan fingerprint density at radius 1 is 1.31 bits per heavy atom. The highest BCUT2D eigenvalue weighted by Gasteiger charge is 2.23. The zero-order valence-electron chi connectivity index (χ0n) is 8.23. The van der Waals surface area contributed by atoms with Crippen molar-refractivity contribution in [1.82, 2.24) is 0 Å². The first-order chi connectivity index (χ1) is 6.20. The fourth-order valence-corrected chi connectivity index (χ4v) is 3.28. The molecule has 0 spiro atoms. The number of hydrazine groups is 1. The van der Waals surface area contributed by atoms with Crippen LogP contribution in [-0.4, -0.2) is 31.4 Å². The Kier molecular flexibility index (Phi) is 2.09. The van der Waals surface area contributed by atoms with Crippen molar-refractivity contribution in [3.63, 3.8) is 0 Å². The van der Waals surface area contributed by atoms with E-state index in [0.717, 1.165) is 0 Å². The number of hydrogen-bond donors (Lipinski definition) is 0. The monoisotopic (exact) mass is 193 g/mol. The van der Waals surface area contributed by atoms with Crippen LogP contribution in [0.2, 0.25) is 0 Å². The van der Waals surface area contributed by atoms with Crippen LogP contribution in [-0.2, 0) is 0 Å². The van der Waals surface area contributed by atoms with E-state index in [4.69, 9.17) is 0 Å². The molecule has 0 radical (unpaired) electrons. The molecule has 68 valence electrons. The Hall–Kier alpha value is -0.880. The Morgan fingerprint density at radius 2 is 2.00 bits per heavy atom. The summed E-state index contributed by atoms with van der Waals surface area (Å²) in [7, 11) is 4.07. The van der Waals surface area contributed by atoms with E-state index in [9.17, 15) is 0 Å². The Bertz CT molecular complexity index is 360. The summed E-state index contributed by atoms with van der Waals surface area (Å²) >= 11 is 0. The molecule has 1 unspecified atom stereocenters. The van der Waals surface area contributed by atoms with Crippen LogP contribution >= 0.6 is 7.92 Å². The molecule has 0 aromatic heterocycles. The van der Waals surface area contributed by atoms with E-state index in [1.807, 2.05) is 0 Å². The van der Waals surface area contributed by atoms with Crippen LogP contribution < -0.4 is 10.3 Å². The molecule has 1 atom stereocenters. The van der Waals surface area contributed by atoms with Gasteiger partial charge in [-0.25, -0.2) is 0 Å². The van der Waals surface area contributed by atoms with Crippen molar-refractivity contribution in [2.75, 3.05) is 25.8 Å². The van der Waals surface area contributed by atoms with Crippen LogP contribution in [0, 0.1) is 0 Å². The van der Waals surface area contributed by atoms with Crippen molar-refractivity contribution in [1.29, 1.82) is 0 Å². The largest absolute Gasteiger partial charge is 0.194 e. The van der Waals surface area contributed by atoms with Gasteiger partial charge in [0.05, 0.1) is 7.05 Å². The number of hydrazone groups is 1. The molecule has 13 heavy (non-hydrogen) atoms. The van der Waals surface area contributed by atoms with Crippen LogP contribution in [0.25, 0.3) is 0 Å². The Morgan fingerprint density at radius 3 is 2.77 bits per heavy atom. The molecule has 0 N–H and O–H groups in total. The number of hydrogen-bond acceptors (Lipinski definition) is 1. The van der Waals surface area contributed by atoms with E-state index < -0.39 is 0 Å². The van der Waals surface area contributed by atoms with Crippen molar-refractivity contribution in [2.24, 2.45) is 0 Å². The zero-order valence-corrected chi connectivity index (χ0v) is 9.12. The normalized spacial score (nSPS) is 21.0. The van der Waals surface area contributed by atoms with Crippen molar-refractivity contribution in [2.45, 2.75) is 0 Å². The first kappa shape index (κ1) is 8.71. The molecular formula is C10H14N2P+. The molecule has 3 heteroatoms. The average Bonchev–Trinajstić information content (AvgIpc) is 2.15. The molecule has 1 aliphatic rings. The van der Waals surface area contributed by atoms with Crippen molar-refractivity contribution in [3.8, 4) is 0 Å². The van der Waals surface area contributed by atoms with Crippen molar-refractivity contribution in [3.05, 3.63) is 24.3 Å². The van der Waals surface area contributed by atoms with Crippen LogP contribution in [0.1, 0.15) is 0 Å². The highest BCUT2D eigenvalue weighted by molar-refractivity contribution is 7.79. The van der Waals surface area contributed by atoms with Crippen LogP contribution in [0.5, 0.6) is 0 Å². The van der Waals surface area contributed by atoms with E-state index in [-0.39, 0.29) is 7.92 Å². The smallest absolute Gasteiger partial charge is 0.157 e. The van der Waals surface area contributed by atoms with Crippen LogP contribution in [0.15, 0.2) is 24.3 Å². The van der Waals surface area contributed by atoms with E-state index in [1.165, 1.54) is 11.0 Å². The van der Waals surface area contributed by atoms with E-state index >= 15 is 0 Å². The van der Waals surface area contributed by atoms with Gasteiger partial charge in [0.1, 0.15) is 5.69 Å². The lowest BCUT2D eigenvalue weighted by Crippen LogP contribution is -2.36. The van der Waals surface area contributed by atoms with Gasteiger partial charge in [0.25, 0.3) is 0 Å². The van der Waals surface area contributed by atoms with Gasteiger partial charge in [-0.3, -0.25) is 0 Å². The predicted molar refractivity (Wildman–Crippen MR) is 59.6 cm³/mol. The second-order valence-electron chi connectivity index (χ2n) is 3.31. The second-order valence-corrected chi connectivity index (χ2v) is 5.25. The van der Waals surface area contributed by atoms with Gasteiger partial charge in [0, 0.05) is 13.2 Å². The molecular weight excluding hydrogens is 179 g/mol.